The maximum atomic E-state index is 13.7. The van der Waals surface area contributed by atoms with Gasteiger partial charge in [0.25, 0.3) is 0 Å². The number of likely N-dealkylation sites (N-methyl/N-ethyl adjacent to an activating group) is 1. The maximum Gasteiger partial charge on any atom is 0.230 e. The molecule has 1 aromatic carbocycles. The Morgan fingerprint density at radius 3 is 2.68 bits per heavy atom. The van der Waals surface area contributed by atoms with Gasteiger partial charge in [0.1, 0.15) is 0 Å². The quantitative estimate of drug-likeness (QED) is 0.744. The third-order valence-corrected chi connectivity index (χ3v) is 6.75. The van der Waals surface area contributed by atoms with Crippen molar-refractivity contribution in [2.45, 2.75) is 38.3 Å². The maximum absolute atomic E-state index is 13.7. The Morgan fingerprint density at radius 1 is 1.14 bits per heavy atom. The monoisotopic (exact) mass is 389 g/mol. The molecule has 152 valence electrons. The van der Waals surface area contributed by atoms with Crippen molar-refractivity contribution >= 4 is 5.91 Å². The Labute approximate surface area is 165 Å². The van der Waals surface area contributed by atoms with Crippen molar-refractivity contribution < 1.29 is 13.6 Å². The van der Waals surface area contributed by atoms with E-state index in [1.165, 1.54) is 12.1 Å². The summed E-state index contributed by atoms with van der Waals surface area (Å²) in [5.74, 6) is -1.35. The molecule has 1 aliphatic carbocycles. The van der Waals surface area contributed by atoms with Gasteiger partial charge in [0.15, 0.2) is 11.6 Å². The van der Waals surface area contributed by atoms with Crippen LogP contribution in [-0.2, 0) is 11.3 Å². The number of carbonyl (C=O) groups is 1. The van der Waals surface area contributed by atoms with E-state index in [2.05, 4.69) is 29.0 Å². The first-order valence-corrected chi connectivity index (χ1v) is 10.3. The van der Waals surface area contributed by atoms with Gasteiger partial charge >= 0.3 is 0 Å². The standard InChI is InChI=1S/C22H29F2N3O/c1-25-11-13-26(14-12-25)21(28)22-8-2-3-10-27(20(22)5-4-9-22)16-17-6-7-18(23)19(24)15-17/h2-3,6-7,15,20H,4-5,8-14,16H2,1H3/t20-,22-/m1/s1. The fourth-order valence-corrected chi connectivity index (χ4v) is 5.16. The van der Waals surface area contributed by atoms with Crippen LogP contribution in [0.15, 0.2) is 30.4 Å². The molecule has 0 spiro atoms. The smallest absolute Gasteiger partial charge is 0.230 e. The van der Waals surface area contributed by atoms with Gasteiger partial charge in [0.05, 0.1) is 5.41 Å². The van der Waals surface area contributed by atoms with Crippen LogP contribution < -0.4 is 0 Å². The number of piperazine rings is 1. The molecule has 2 aliphatic heterocycles. The van der Waals surface area contributed by atoms with Crippen molar-refractivity contribution in [3.8, 4) is 0 Å². The van der Waals surface area contributed by atoms with Gasteiger partial charge in [-0.2, -0.15) is 0 Å². The lowest BCUT2D eigenvalue weighted by atomic mass is 9.77. The number of carbonyl (C=O) groups excluding carboxylic acids is 1. The van der Waals surface area contributed by atoms with Crippen LogP contribution in [0, 0.1) is 17.0 Å². The lowest BCUT2D eigenvalue weighted by molar-refractivity contribution is -0.146. The fraction of sp³-hybridized carbons (Fsp3) is 0.591. The molecule has 1 aromatic rings. The molecular weight excluding hydrogens is 360 g/mol. The Bertz CT molecular complexity index is 760. The summed E-state index contributed by atoms with van der Waals surface area (Å²) in [5.41, 5.74) is 0.364. The van der Waals surface area contributed by atoms with E-state index in [9.17, 15) is 13.6 Å². The number of fused-ring (bicyclic) bond motifs is 1. The number of amides is 1. The highest BCUT2D eigenvalue weighted by atomic mass is 19.2. The number of allylic oxidation sites excluding steroid dienone is 1. The third-order valence-electron chi connectivity index (χ3n) is 6.75. The molecule has 0 bridgehead atoms. The Morgan fingerprint density at radius 2 is 1.93 bits per heavy atom. The number of benzene rings is 1. The molecule has 2 fully saturated rings. The summed E-state index contributed by atoms with van der Waals surface area (Å²) >= 11 is 0. The van der Waals surface area contributed by atoms with Gasteiger partial charge in [0, 0.05) is 45.3 Å². The number of nitrogens with zero attached hydrogens (tertiary/aromatic N) is 3. The second-order valence-corrected chi connectivity index (χ2v) is 8.51. The van der Waals surface area contributed by atoms with Crippen molar-refractivity contribution in [2.24, 2.45) is 5.41 Å². The van der Waals surface area contributed by atoms with Gasteiger partial charge in [-0.1, -0.05) is 24.6 Å². The van der Waals surface area contributed by atoms with Crippen LogP contribution in [0.5, 0.6) is 0 Å². The van der Waals surface area contributed by atoms with Crippen molar-refractivity contribution in [3.05, 3.63) is 47.5 Å². The van der Waals surface area contributed by atoms with Gasteiger partial charge in [-0.15, -0.1) is 0 Å². The van der Waals surface area contributed by atoms with Crippen LogP contribution >= 0.6 is 0 Å². The van der Waals surface area contributed by atoms with Crippen molar-refractivity contribution in [2.75, 3.05) is 39.8 Å². The van der Waals surface area contributed by atoms with E-state index in [-0.39, 0.29) is 17.4 Å². The molecule has 28 heavy (non-hydrogen) atoms. The molecule has 4 rings (SSSR count). The van der Waals surface area contributed by atoms with Crippen LogP contribution in [0.3, 0.4) is 0 Å². The molecule has 1 amide bonds. The summed E-state index contributed by atoms with van der Waals surface area (Å²) in [4.78, 5) is 20.2. The SMILES string of the molecule is CN1CCN(C(=O)[C@@]23CC=CCN(Cc4ccc(F)c(F)c4)[C@@H]2CCC3)CC1. The zero-order chi connectivity index (χ0) is 19.7. The lowest BCUT2D eigenvalue weighted by Gasteiger charge is -2.43. The minimum atomic E-state index is -0.819. The van der Waals surface area contributed by atoms with E-state index in [1.54, 1.807) is 6.07 Å². The average Bonchev–Trinajstić information content (AvgIpc) is 3.04. The fourth-order valence-electron chi connectivity index (χ4n) is 5.16. The van der Waals surface area contributed by atoms with Crippen LogP contribution in [0.2, 0.25) is 0 Å². The first kappa shape index (κ1) is 19.5. The Hall–Kier alpha value is -1.79. The molecule has 4 nitrogen and oxygen atoms in total. The molecule has 0 N–H and O–H groups in total. The van der Waals surface area contributed by atoms with Gasteiger partial charge in [-0.05, 0) is 44.0 Å². The summed E-state index contributed by atoms with van der Waals surface area (Å²) in [7, 11) is 2.09. The topological polar surface area (TPSA) is 26.8 Å². The summed E-state index contributed by atoms with van der Waals surface area (Å²) in [6.07, 6.45) is 7.96. The highest BCUT2D eigenvalue weighted by Crippen LogP contribution is 2.47. The number of hydrogen-bond donors (Lipinski definition) is 0. The summed E-state index contributed by atoms with van der Waals surface area (Å²) < 4.78 is 27.0. The van der Waals surface area contributed by atoms with Crippen LogP contribution in [0.1, 0.15) is 31.2 Å². The van der Waals surface area contributed by atoms with Crippen molar-refractivity contribution in [1.82, 2.24) is 14.7 Å². The zero-order valence-corrected chi connectivity index (χ0v) is 16.5. The van der Waals surface area contributed by atoms with Crippen LogP contribution in [0.4, 0.5) is 8.78 Å². The molecule has 0 unspecified atom stereocenters. The van der Waals surface area contributed by atoms with E-state index >= 15 is 0 Å². The second kappa shape index (κ2) is 7.91. The average molecular weight is 389 g/mol. The zero-order valence-electron chi connectivity index (χ0n) is 16.5. The van der Waals surface area contributed by atoms with E-state index < -0.39 is 11.6 Å². The summed E-state index contributed by atoms with van der Waals surface area (Å²) in [6.45, 7) is 4.68. The first-order valence-electron chi connectivity index (χ1n) is 10.3. The summed E-state index contributed by atoms with van der Waals surface area (Å²) in [5, 5.41) is 0. The molecule has 0 radical (unpaired) electrons. The summed E-state index contributed by atoms with van der Waals surface area (Å²) in [6, 6.07) is 4.26. The predicted molar refractivity (Wildman–Crippen MR) is 105 cm³/mol. The first-order chi connectivity index (χ1) is 13.5. The second-order valence-electron chi connectivity index (χ2n) is 8.51. The van der Waals surface area contributed by atoms with Gasteiger partial charge in [0.2, 0.25) is 5.91 Å². The lowest BCUT2D eigenvalue weighted by Crippen LogP contribution is -2.56. The van der Waals surface area contributed by atoms with Gasteiger partial charge < -0.3 is 9.80 Å². The minimum Gasteiger partial charge on any atom is -0.340 e. The molecule has 0 aromatic heterocycles. The molecule has 2 heterocycles. The molecule has 1 saturated heterocycles. The Kier molecular flexibility index (Phi) is 5.52. The normalized spacial score (nSPS) is 29.0. The highest BCUT2D eigenvalue weighted by molar-refractivity contribution is 5.84. The van der Waals surface area contributed by atoms with Gasteiger partial charge in [-0.3, -0.25) is 9.69 Å². The number of halogens is 2. The number of rotatable bonds is 3. The van der Waals surface area contributed by atoms with Crippen LogP contribution in [-0.4, -0.2) is 66.4 Å². The third kappa shape index (κ3) is 3.60. The van der Waals surface area contributed by atoms with E-state index in [4.69, 9.17) is 0 Å². The molecular formula is C22H29F2N3O. The van der Waals surface area contributed by atoms with Crippen molar-refractivity contribution in [1.29, 1.82) is 0 Å². The largest absolute Gasteiger partial charge is 0.340 e. The van der Waals surface area contributed by atoms with E-state index in [0.717, 1.165) is 64.0 Å². The molecule has 2 atom stereocenters. The van der Waals surface area contributed by atoms with Gasteiger partial charge in [-0.25, -0.2) is 8.78 Å². The predicted octanol–water partition coefficient (Wildman–Crippen LogP) is 3.04. The number of hydrogen-bond acceptors (Lipinski definition) is 3. The van der Waals surface area contributed by atoms with E-state index in [1.807, 2.05) is 4.90 Å². The minimum absolute atomic E-state index is 0.141. The van der Waals surface area contributed by atoms with Crippen molar-refractivity contribution in [3.63, 3.8) is 0 Å². The Balaban J connectivity index is 1.57. The molecule has 6 heteroatoms. The highest BCUT2D eigenvalue weighted by Gasteiger charge is 2.52. The van der Waals surface area contributed by atoms with E-state index in [0.29, 0.717) is 6.54 Å². The molecule has 1 saturated carbocycles. The van der Waals surface area contributed by atoms with Crippen LogP contribution in [0.25, 0.3) is 0 Å². The molecule has 3 aliphatic rings.